The number of benzene rings is 2. The van der Waals surface area contributed by atoms with Gasteiger partial charge in [0.1, 0.15) is 5.76 Å². The second-order valence-electron chi connectivity index (χ2n) is 8.67. The van der Waals surface area contributed by atoms with Crippen LogP contribution in [-0.2, 0) is 21.3 Å². The highest BCUT2D eigenvalue weighted by Crippen LogP contribution is 2.23. The number of morpholine rings is 1. The van der Waals surface area contributed by atoms with Crippen molar-refractivity contribution in [2.24, 2.45) is 0 Å². The zero-order chi connectivity index (χ0) is 24.8. The van der Waals surface area contributed by atoms with Crippen LogP contribution in [0.4, 0.5) is 0 Å². The molecule has 2 aromatic carbocycles. The molecule has 2 N–H and O–H groups in total. The maximum Gasteiger partial charge on any atom is 0.251 e. The van der Waals surface area contributed by atoms with Crippen LogP contribution in [0.1, 0.15) is 38.9 Å². The fourth-order valence-electron chi connectivity index (χ4n) is 4.18. The fourth-order valence-corrected chi connectivity index (χ4v) is 5.20. The summed E-state index contributed by atoms with van der Waals surface area (Å²) in [5, 5.41) is 3.04. The van der Waals surface area contributed by atoms with E-state index in [2.05, 4.69) is 27.1 Å². The standard InChI is InChI=1S/C26H31N3O5S/c1-19-5-3-6-21(15-19)25(29-10-13-33-14-11-29)18-27-26(30)24-16-23(9-8-20(24)2)35(31,32)28-17-22-7-4-12-34-22/h3-9,12,15-16,25,28H,10-11,13-14,17-18H2,1-2H3,(H,27,30). The predicted molar refractivity (Wildman–Crippen MR) is 133 cm³/mol. The Balaban J connectivity index is 1.49. The number of nitrogens with zero attached hydrogens (tertiary/aromatic N) is 1. The minimum atomic E-state index is -3.82. The number of furan rings is 1. The Hall–Kier alpha value is -2.98. The van der Waals surface area contributed by atoms with Gasteiger partial charge in [-0.05, 0) is 49.2 Å². The van der Waals surface area contributed by atoms with Crippen LogP contribution >= 0.6 is 0 Å². The highest BCUT2D eigenvalue weighted by atomic mass is 32.2. The van der Waals surface area contributed by atoms with E-state index >= 15 is 0 Å². The summed E-state index contributed by atoms with van der Waals surface area (Å²) in [4.78, 5) is 15.5. The normalized spacial score (nSPS) is 15.6. The van der Waals surface area contributed by atoms with Crippen molar-refractivity contribution in [3.05, 3.63) is 88.9 Å². The Labute approximate surface area is 206 Å². The van der Waals surface area contributed by atoms with E-state index in [9.17, 15) is 13.2 Å². The third kappa shape index (κ3) is 6.37. The van der Waals surface area contributed by atoms with Gasteiger partial charge >= 0.3 is 0 Å². The molecule has 1 aliphatic rings. The maximum absolute atomic E-state index is 13.2. The Bertz CT molecular complexity index is 1250. The maximum atomic E-state index is 13.2. The smallest absolute Gasteiger partial charge is 0.251 e. The average Bonchev–Trinajstić information content (AvgIpc) is 3.38. The van der Waals surface area contributed by atoms with Crippen molar-refractivity contribution >= 4 is 15.9 Å². The lowest BCUT2D eigenvalue weighted by molar-refractivity contribution is 0.0162. The van der Waals surface area contributed by atoms with Crippen LogP contribution in [0, 0.1) is 13.8 Å². The molecule has 2 heterocycles. The monoisotopic (exact) mass is 497 g/mol. The fraction of sp³-hybridized carbons (Fsp3) is 0.346. The third-order valence-corrected chi connectivity index (χ3v) is 7.55. The first-order valence-electron chi connectivity index (χ1n) is 11.6. The molecule has 1 amide bonds. The van der Waals surface area contributed by atoms with Gasteiger partial charge in [-0.2, -0.15) is 0 Å². The highest BCUT2D eigenvalue weighted by molar-refractivity contribution is 7.89. The third-order valence-electron chi connectivity index (χ3n) is 6.15. The summed E-state index contributed by atoms with van der Waals surface area (Å²) >= 11 is 0. The minimum absolute atomic E-state index is 0.00932. The molecule has 186 valence electrons. The van der Waals surface area contributed by atoms with Crippen LogP contribution in [0.5, 0.6) is 0 Å². The molecule has 1 saturated heterocycles. The second kappa shape index (κ2) is 11.2. The summed E-state index contributed by atoms with van der Waals surface area (Å²) in [6.45, 7) is 7.14. The molecule has 1 aliphatic heterocycles. The molecule has 1 aromatic heterocycles. The topological polar surface area (TPSA) is 101 Å². The number of hydrogen-bond acceptors (Lipinski definition) is 6. The number of carbonyl (C=O) groups is 1. The number of ether oxygens (including phenoxy) is 1. The molecule has 3 aromatic rings. The summed E-state index contributed by atoms with van der Waals surface area (Å²) in [5.74, 6) is 0.195. The Morgan fingerprint density at radius 1 is 1.06 bits per heavy atom. The number of rotatable bonds is 9. The van der Waals surface area contributed by atoms with Gasteiger partial charge in [0.15, 0.2) is 0 Å². The number of aryl methyl sites for hydroxylation is 2. The van der Waals surface area contributed by atoms with Crippen molar-refractivity contribution in [2.75, 3.05) is 32.8 Å². The van der Waals surface area contributed by atoms with E-state index in [4.69, 9.17) is 9.15 Å². The zero-order valence-corrected chi connectivity index (χ0v) is 20.8. The first-order chi connectivity index (χ1) is 16.8. The molecule has 1 atom stereocenters. The number of carbonyl (C=O) groups excluding carboxylic acids is 1. The minimum Gasteiger partial charge on any atom is -0.468 e. The van der Waals surface area contributed by atoms with E-state index < -0.39 is 10.0 Å². The molecule has 0 bridgehead atoms. The highest BCUT2D eigenvalue weighted by Gasteiger charge is 2.24. The summed E-state index contributed by atoms with van der Waals surface area (Å²) < 4.78 is 38.8. The summed E-state index contributed by atoms with van der Waals surface area (Å²) in [6, 6.07) is 16.2. The van der Waals surface area contributed by atoms with Crippen molar-refractivity contribution < 1.29 is 22.4 Å². The SMILES string of the molecule is Cc1cccc(C(CNC(=O)c2cc(S(=O)(=O)NCc3ccco3)ccc2C)N2CCOCC2)c1. The molecule has 8 nitrogen and oxygen atoms in total. The van der Waals surface area contributed by atoms with Gasteiger partial charge < -0.3 is 14.5 Å². The molecule has 1 unspecified atom stereocenters. The van der Waals surface area contributed by atoms with Gasteiger partial charge in [-0.25, -0.2) is 13.1 Å². The van der Waals surface area contributed by atoms with E-state index in [1.807, 2.05) is 19.1 Å². The Morgan fingerprint density at radius 3 is 2.57 bits per heavy atom. The molecule has 0 spiro atoms. The quantitative estimate of drug-likeness (QED) is 0.471. The summed E-state index contributed by atoms with van der Waals surface area (Å²) in [6.07, 6.45) is 1.49. The zero-order valence-electron chi connectivity index (χ0n) is 20.0. The van der Waals surface area contributed by atoms with Crippen LogP contribution in [0.3, 0.4) is 0 Å². The van der Waals surface area contributed by atoms with Gasteiger partial charge in [-0.15, -0.1) is 0 Å². The lowest BCUT2D eigenvalue weighted by atomic mass is 10.0. The summed E-state index contributed by atoms with van der Waals surface area (Å²) in [5.41, 5.74) is 3.31. The van der Waals surface area contributed by atoms with Gasteiger partial charge in [0.2, 0.25) is 10.0 Å². The molecule has 0 saturated carbocycles. The van der Waals surface area contributed by atoms with Gasteiger partial charge in [0.05, 0.1) is 37.0 Å². The van der Waals surface area contributed by atoms with Gasteiger partial charge in [-0.1, -0.05) is 35.9 Å². The van der Waals surface area contributed by atoms with Crippen LogP contribution in [0.25, 0.3) is 0 Å². The Kier molecular flexibility index (Phi) is 8.02. The van der Waals surface area contributed by atoms with Crippen molar-refractivity contribution in [3.63, 3.8) is 0 Å². The van der Waals surface area contributed by atoms with Gasteiger partial charge in [0.25, 0.3) is 5.91 Å². The number of nitrogens with one attached hydrogen (secondary N) is 2. The Morgan fingerprint density at radius 2 is 1.86 bits per heavy atom. The van der Waals surface area contributed by atoms with E-state index in [1.54, 1.807) is 25.1 Å². The molecule has 9 heteroatoms. The average molecular weight is 498 g/mol. The summed E-state index contributed by atoms with van der Waals surface area (Å²) in [7, 11) is -3.82. The molecule has 4 rings (SSSR count). The van der Waals surface area contributed by atoms with Crippen LogP contribution in [-0.4, -0.2) is 52.1 Å². The van der Waals surface area contributed by atoms with Crippen LogP contribution < -0.4 is 10.0 Å². The molecule has 0 radical (unpaired) electrons. The van der Waals surface area contributed by atoms with Crippen molar-refractivity contribution in [2.45, 2.75) is 31.3 Å². The number of sulfonamides is 1. The van der Waals surface area contributed by atoms with Crippen molar-refractivity contribution in [1.29, 1.82) is 0 Å². The largest absolute Gasteiger partial charge is 0.468 e. The van der Waals surface area contributed by atoms with E-state index in [1.165, 1.54) is 18.4 Å². The molecule has 35 heavy (non-hydrogen) atoms. The van der Waals surface area contributed by atoms with Crippen LogP contribution in [0.2, 0.25) is 0 Å². The van der Waals surface area contributed by atoms with Gasteiger partial charge in [-0.3, -0.25) is 9.69 Å². The number of hydrogen-bond donors (Lipinski definition) is 2. The lowest BCUT2D eigenvalue weighted by Crippen LogP contribution is -2.44. The van der Waals surface area contributed by atoms with Crippen molar-refractivity contribution in [3.8, 4) is 0 Å². The molecule has 0 aliphatic carbocycles. The lowest BCUT2D eigenvalue weighted by Gasteiger charge is -2.35. The van der Waals surface area contributed by atoms with Crippen molar-refractivity contribution in [1.82, 2.24) is 14.9 Å². The molecule has 1 fully saturated rings. The first kappa shape index (κ1) is 25.1. The van der Waals surface area contributed by atoms with E-state index in [0.29, 0.717) is 36.6 Å². The van der Waals surface area contributed by atoms with Gasteiger partial charge in [0, 0.05) is 25.2 Å². The van der Waals surface area contributed by atoms with E-state index in [0.717, 1.165) is 24.2 Å². The second-order valence-corrected chi connectivity index (χ2v) is 10.4. The van der Waals surface area contributed by atoms with Crippen LogP contribution in [0.15, 0.2) is 70.2 Å². The predicted octanol–water partition coefficient (Wildman–Crippen LogP) is 3.18. The first-order valence-corrected chi connectivity index (χ1v) is 13.1. The molecular formula is C26H31N3O5S. The van der Waals surface area contributed by atoms with E-state index in [-0.39, 0.29) is 23.4 Å². The molecular weight excluding hydrogens is 466 g/mol. The number of amides is 1.